The van der Waals surface area contributed by atoms with Gasteiger partial charge in [0.05, 0.1) is 17.2 Å². The van der Waals surface area contributed by atoms with Crippen molar-refractivity contribution in [2.45, 2.75) is 18.4 Å². The molecule has 0 saturated heterocycles. The van der Waals surface area contributed by atoms with E-state index in [1.807, 2.05) is 24.3 Å². The molecule has 1 N–H and O–H groups in total. The average Bonchev–Trinajstić information content (AvgIpc) is 2.75. The Balaban J connectivity index is 1.86. The fraction of sp³-hybridized carbons (Fsp3) is 0.174. The summed E-state index contributed by atoms with van der Waals surface area (Å²) in [6, 6.07) is 22.2. The molecule has 7 heteroatoms. The van der Waals surface area contributed by atoms with Gasteiger partial charge in [-0.1, -0.05) is 36.4 Å². The number of methoxy groups -OCH3 is 1. The molecule has 156 valence electrons. The number of carbonyl (C=O) groups excluding carboxylic acids is 1. The molecule has 0 radical (unpaired) electrons. The van der Waals surface area contributed by atoms with E-state index in [-0.39, 0.29) is 22.9 Å². The lowest BCUT2D eigenvalue weighted by atomic mass is 10.2. The number of para-hydroxylation sites is 1. The molecule has 0 bridgehead atoms. The molecule has 0 aromatic heterocycles. The first-order valence-electron chi connectivity index (χ1n) is 9.52. The maximum Gasteiger partial charge on any atom is 0.264 e. The number of carbonyl (C=O) groups is 1. The molecule has 0 heterocycles. The smallest absolute Gasteiger partial charge is 0.264 e. The van der Waals surface area contributed by atoms with Crippen molar-refractivity contribution in [3.05, 3.63) is 90.0 Å². The number of sulfonamides is 1. The topological polar surface area (TPSA) is 75.7 Å². The first-order chi connectivity index (χ1) is 14.5. The van der Waals surface area contributed by atoms with E-state index in [0.717, 1.165) is 5.56 Å². The third-order valence-electron chi connectivity index (χ3n) is 4.51. The molecule has 30 heavy (non-hydrogen) atoms. The Morgan fingerprint density at radius 1 is 0.967 bits per heavy atom. The second-order valence-corrected chi connectivity index (χ2v) is 8.48. The van der Waals surface area contributed by atoms with Gasteiger partial charge in [0.25, 0.3) is 15.9 Å². The highest BCUT2D eigenvalue weighted by Gasteiger charge is 2.24. The summed E-state index contributed by atoms with van der Waals surface area (Å²) in [5.41, 5.74) is 2.37. The van der Waals surface area contributed by atoms with E-state index in [1.165, 1.54) is 16.4 Å². The predicted octanol–water partition coefficient (Wildman–Crippen LogP) is 4.30. The van der Waals surface area contributed by atoms with Gasteiger partial charge in [0.1, 0.15) is 0 Å². The van der Waals surface area contributed by atoms with Crippen molar-refractivity contribution in [3.63, 3.8) is 0 Å². The van der Waals surface area contributed by atoms with Crippen molar-refractivity contribution in [2.24, 2.45) is 0 Å². The highest BCUT2D eigenvalue weighted by molar-refractivity contribution is 7.92. The van der Waals surface area contributed by atoms with Gasteiger partial charge < -0.3 is 10.1 Å². The van der Waals surface area contributed by atoms with Crippen LogP contribution < -0.4 is 9.62 Å². The number of hydrogen-bond acceptors (Lipinski definition) is 4. The number of ether oxygens (including phenoxy) is 1. The molecule has 3 rings (SSSR count). The summed E-state index contributed by atoms with van der Waals surface area (Å²) in [4.78, 5) is 12.8. The van der Waals surface area contributed by atoms with Crippen molar-refractivity contribution in [1.29, 1.82) is 0 Å². The Morgan fingerprint density at radius 2 is 1.70 bits per heavy atom. The third-order valence-corrected chi connectivity index (χ3v) is 6.41. The summed E-state index contributed by atoms with van der Waals surface area (Å²) in [5.74, 6) is -0.385. The van der Waals surface area contributed by atoms with Crippen molar-refractivity contribution >= 4 is 27.3 Å². The molecular weight excluding hydrogens is 400 g/mol. The molecule has 0 fully saturated rings. The van der Waals surface area contributed by atoms with Crippen LogP contribution in [0.3, 0.4) is 0 Å². The van der Waals surface area contributed by atoms with Crippen LogP contribution in [0.1, 0.15) is 22.8 Å². The van der Waals surface area contributed by atoms with E-state index < -0.39 is 10.0 Å². The highest BCUT2D eigenvalue weighted by atomic mass is 32.2. The van der Waals surface area contributed by atoms with Gasteiger partial charge in [0.2, 0.25) is 0 Å². The zero-order valence-corrected chi connectivity index (χ0v) is 17.7. The summed E-state index contributed by atoms with van der Waals surface area (Å²) >= 11 is 0. The molecule has 0 saturated carbocycles. The number of nitrogens with zero attached hydrogens (tertiary/aromatic N) is 1. The molecule has 3 aromatic carbocycles. The molecular formula is C23H24N2O4S. The minimum Gasteiger partial charge on any atom is -0.380 e. The fourth-order valence-electron chi connectivity index (χ4n) is 3.12. The van der Waals surface area contributed by atoms with Crippen LogP contribution in [0.25, 0.3) is 0 Å². The molecule has 1 amide bonds. The highest BCUT2D eigenvalue weighted by Crippen LogP contribution is 2.24. The van der Waals surface area contributed by atoms with Crippen LogP contribution >= 0.6 is 0 Å². The van der Waals surface area contributed by atoms with E-state index in [9.17, 15) is 13.2 Å². The van der Waals surface area contributed by atoms with Crippen LogP contribution in [0, 0.1) is 0 Å². The maximum atomic E-state index is 13.2. The van der Waals surface area contributed by atoms with E-state index in [2.05, 4.69) is 5.32 Å². The van der Waals surface area contributed by atoms with Crippen LogP contribution in [-0.2, 0) is 21.4 Å². The van der Waals surface area contributed by atoms with Crippen LogP contribution in [0.15, 0.2) is 83.8 Å². The summed E-state index contributed by atoms with van der Waals surface area (Å²) in [6.07, 6.45) is 0. The average molecular weight is 425 g/mol. The quantitative estimate of drug-likeness (QED) is 0.585. The van der Waals surface area contributed by atoms with E-state index in [1.54, 1.807) is 56.5 Å². The van der Waals surface area contributed by atoms with Crippen molar-refractivity contribution < 1.29 is 17.9 Å². The number of nitrogens with one attached hydrogen (secondary N) is 1. The summed E-state index contributed by atoms with van der Waals surface area (Å²) in [5, 5.41) is 2.81. The van der Waals surface area contributed by atoms with Crippen LogP contribution in [0.4, 0.5) is 11.4 Å². The van der Waals surface area contributed by atoms with Gasteiger partial charge in [-0.25, -0.2) is 8.42 Å². The van der Waals surface area contributed by atoms with E-state index in [4.69, 9.17) is 4.74 Å². The van der Waals surface area contributed by atoms with Gasteiger partial charge in [-0.05, 0) is 55.0 Å². The minimum absolute atomic E-state index is 0.0639. The van der Waals surface area contributed by atoms with Gasteiger partial charge in [-0.2, -0.15) is 0 Å². The lowest BCUT2D eigenvalue weighted by Crippen LogP contribution is -2.30. The van der Waals surface area contributed by atoms with Gasteiger partial charge in [-0.3, -0.25) is 9.10 Å². The molecule has 0 atom stereocenters. The number of amides is 1. The summed E-state index contributed by atoms with van der Waals surface area (Å²) < 4.78 is 32.8. The zero-order chi connectivity index (χ0) is 21.6. The molecule has 3 aromatic rings. The molecule has 0 aliphatic rings. The third kappa shape index (κ3) is 4.87. The monoisotopic (exact) mass is 424 g/mol. The second kappa shape index (κ2) is 9.56. The Kier molecular flexibility index (Phi) is 6.87. The maximum absolute atomic E-state index is 13.2. The van der Waals surface area contributed by atoms with Crippen LogP contribution in [0.2, 0.25) is 0 Å². The Labute approximate surface area is 177 Å². The second-order valence-electron chi connectivity index (χ2n) is 6.62. The van der Waals surface area contributed by atoms with Crippen molar-refractivity contribution in [1.82, 2.24) is 0 Å². The number of rotatable bonds is 8. The lowest BCUT2D eigenvalue weighted by molar-refractivity contribution is 0.102. The van der Waals surface area contributed by atoms with Crippen molar-refractivity contribution in [2.75, 3.05) is 23.3 Å². The summed E-state index contributed by atoms with van der Waals surface area (Å²) in [6.45, 7) is 2.48. The van der Waals surface area contributed by atoms with E-state index in [0.29, 0.717) is 18.0 Å². The Bertz CT molecular complexity index is 1110. The van der Waals surface area contributed by atoms with Gasteiger partial charge in [0.15, 0.2) is 0 Å². The number of anilines is 2. The predicted molar refractivity (Wildman–Crippen MR) is 118 cm³/mol. The normalized spacial score (nSPS) is 11.1. The largest absolute Gasteiger partial charge is 0.380 e. The fourth-order valence-corrected chi connectivity index (χ4v) is 4.64. The van der Waals surface area contributed by atoms with E-state index >= 15 is 0 Å². The molecule has 0 aliphatic heterocycles. The molecule has 0 aliphatic carbocycles. The lowest BCUT2D eigenvalue weighted by Gasteiger charge is -2.23. The van der Waals surface area contributed by atoms with Gasteiger partial charge >= 0.3 is 0 Å². The summed E-state index contributed by atoms with van der Waals surface area (Å²) in [7, 11) is -2.21. The zero-order valence-electron chi connectivity index (χ0n) is 16.9. The number of benzene rings is 3. The first kappa shape index (κ1) is 21.5. The Morgan fingerprint density at radius 3 is 2.40 bits per heavy atom. The van der Waals surface area contributed by atoms with Crippen LogP contribution in [-0.4, -0.2) is 28.0 Å². The van der Waals surface area contributed by atoms with Gasteiger partial charge in [0, 0.05) is 24.9 Å². The standard InChI is InChI=1S/C23H24N2O4S/c1-3-25(21-12-5-4-6-13-21)30(27,28)22-14-8-10-19(16-22)23(26)24-20-11-7-9-18(15-20)17-29-2/h4-16H,3,17H2,1-2H3,(H,24,26). The number of hydrogen-bond donors (Lipinski definition) is 1. The van der Waals surface area contributed by atoms with Crippen molar-refractivity contribution in [3.8, 4) is 0 Å². The first-order valence-corrected chi connectivity index (χ1v) is 11.0. The molecule has 0 unspecified atom stereocenters. The Hall–Kier alpha value is -3.16. The van der Waals surface area contributed by atoms with Crippen LogP contribution in [0.5, 0.6) is 0 Å². The minimum atomic E-state index is -3.81. The SMILES string of the molecule is CCN(c1ccccc1)S(=O)(=O)c1cccc(C(=O)Nc2cccc(COC)c2)c1. The van der Waals surface area contributed by atoms with Gasteiger partial charge in [-0.15, -0.1) is 0 Å². The molecule has 6 nitrogen and oxygen atoms in total. The molecule has 0 spiro atoms.